The lowest BCUT2D eigenvalue weighted by Crippen LogP contribution is -2.21. The third-order valence-electron chi connectivity index (χ3n) is 4.76. The normalized spacial score (nSPS) is 28.5. The van der Waals surface area contributed by atoms with Gasteiger partial charge >= 0.3 is 5.97 Å². The Kier molecular flexibility index (Phi) is 9.41. The van der Waals surface area contributed by atoms with Crippen LogP contribution in [0.4, 0.5) is 0 Å². The quantitative estimate of drug-likeness (QED) is 0.403. The van der Waals surface area contributed by atoms with Crippen LogP contribution in [0.1, 0.15) is 71.1 Å². The van der Waals surface area contributed by atoms with Crippen LogP contribution in [0.5, 0.6) is 0 Å². The minimum Gasteiger partial charge on any atom is -0.481 e. The Balaban J connectivity index is 2.23. The molecule has 0 amide bonds. The van der Waals surface area contributed by atoms with Crippen molar-refractivity contribution in [3.05, 3.63) is 12.2 Å². The van der Waals surface area contributed by atoms with E-state index in [9.17, 15) is 15.0 Å². The summed E-state index contributed by atoms with van der Waals surface area (Å²) < 4.78 is 0. The summed E-state index contributed by atoms with van der Waals surface area (Å²) in [7, 11) is 0. The van der Waals surface area contributed by atoms with Crippen molar-refractivity contribution in [3.63, 3.8) is 0 Å². The molecule has 0 unspecified atom stereocenters. The van der Waals surface area contributed by atoms with Crippen LogP contribution >= 0.6 is 0 Å². The zero-order chi connectivity index (χ0) is 16.4. The van der Waals surface area contributed by atoms with Crippen LogP contribution in [0.25, 0.3) is 0 Å². The molecule has 128 valence electrons. The molecule has 0 aromatic rings. The second-order valence-corrected chi connectivity index (χ2v) is 6.51. The Morgan fingerprint density at radius 3 is 2.32 bits per heavy atom. The van der Waals surface area contributed by atoms with Crippen LogP contribution < -0.4 is 0 Å². The first-order valence-electron chi connectivity index (χ1n) is 8.79. The first-order chi connectivity index (χ1) is 10.6. The van der Waals surface area contributed by atoms with Crippen molar-refractivity contribution in [1.29, 1.82) is 0 Å². The molecule has 0 heterocycles. The van der Waals surface area contributed by atoms with Gasteiger partial charge in [0.1, 0.15) is 0 Å². The lowest BCUT2D eigenvalue weighted by molar-refractivity contribution is -0.137. The molecular formula is C18H32O4. The molecule has 1 fully saturated rings. The van der Waals surface area contributed by atoms with Crippen molar-refractivity contribution < 1.29 is 20.1 Å². The van der Waals surface area contributed by atoms with Crippen LogP contribution in [-0.2, 0) is 4.79 Å². The van der Waals surface area contributed by atoms with Crippen LogP contribution in [0.2, 0.25) is 0 Å². The van der Waals surface area contributed by atoms with Crippen molar-refractivity contribution in [2.45, 2.75) is 83.3 Å². The Labute approximate surface area is 134 Å². The van der Waals surface area contributed by atoms with E-state index in [2.05, 4.69) is 19.1 Å². The molecule has 0 aliphatic heterocycles. The zero-order valence-corrected chi connectivity index (χ0v) is 13.8. The first-order valence-corrected chi connectivity index (χ1v) is 8.79. The molecule has 22 heavy (non-hydrogen) atoms. The smallest absolute Gasteiger partial charge is 0.303 e. The minimum absolute atomic E-state index is 0.185. The second kappa shape index (κ2) is 10.8. The second-order valence-electron chi connectivity index (χ2n) is 6.51. The Morgan fingerprint density at radius 1 is 1.00 bits per heavy atom. The van der Waals surface area contributed by atoms with Crippen molar-refractivity contribution in [3.8, 4) is 0 Å². The molecule has 1 rings (SSSR count). The average Bonchev–Trinajstić information content (AvgIpc) is 2.72. The highest BCUT2D eigenvalue weighted by molar-refractivity contribution is 5.66. The molecule has 3 N–H and O–H groups in total. The number of carboxylic acids is 1. The Morgan fingerprint density at radius 2 is 1.64 bits per heavy atom. The molecule has 4 atom stereocenters. The van der Waals surface area contributed by atoms with Crippen LogP contribution in [0, 0.1) is 11.8 Å². The molecule has 0 spiro atoms. The van der Waals surface area contributed by atoms with Gasteiger partial charge in [0, 0.05) is 6.42 Å². The van der Waals surface area contributed by atoms with Gasteiger partial charge in [-0.1, -0.05) is 44.8 Å². The molecule has 0 radical (unpaired) electrons. The number of carboxylic acid groups (broad SMARTS) is 1. The highest BCUT2D eigenvalue weighted by Gasteiger charge is 2.40. The molecule has 0 aromatic carbocycles. The fraction of sp³-hybridized carbons (Fsp3) is 0.833. The highest BCUT2D eigenvalue weighted by atomic mass is 16.4. The number of hydrogen-bond donors (Lipinski definition) is 3. The predicted molar refractivity (Wildman–Crippen MR) is 87.6 cm³/mol. The molecule has 0 bridgehead atoms. The number of aliphatic carboxylic acids is 1. The summed E-state index contributed by atoms with van der Waals surface area (Å²) in [5, 5.41) is 28.8. The Bertz CT molecular complexity index is 340. The van der Waals surface area contributed by atoms with Gasteiger partial charge in [-0.25, -0.2) is 0 Å². The largest absolute Gasteiger partial charge is 0.481 e. The van der Waals surface area contributed by atoms with E-state index in [1.54, 1.807) is 0 Å². The summed E-state index contributed by atoms with van der Waals surface area (Å²) in [5.74, 6) is -0.327. The van der Waals surface area contributed by atoms with Crippen molar-refractivity contribution in [1.82, 2.24) is 0 Å². The number of carbonyl (C=O) groups is 1. The van der Waals surface area contributed by atoms with E-state index < -0.39 is 5.97 Å². The maximum atomic E-state index is 10.4. The van der Waals surface area contributed by atoms with E-state index in [0.29, 0.717) is 6.42 Å². The van der Waals surface area contributed by atoms with E-state index in [4.69, 9.17) is 5.11 Å². The Hall–Kier alpha value is -0.870. The third kappa shape index (κ3) is 6.93. The fourth-order valence-electron chi connectivity index (χ4n) is 3.51. The molecule has 4 nitrogen and oxygen atoms in total. The van der Waals surface area contributed by atoms with E-state index in [-0.39, 0.29) is 30.5 Å². The molecular weight excluding hydrogens is 280 g/mol. The number of aliphatic hydroxyl groups is 2. The minimum atomic E-state index is -0.717. The lowest BCUT2D eigenvalue weighted by atomic mass is 9.86. The van der Waals surface area contributed by atoms with Crippen LogP contribution in [0.3, 0.4) is 0 Å². The van der Waals surface area contributed by atoms with Gasteiger partial charge < -0.3 is 15.3 Å². The van der Waals surface area contributed by atoms with E-state index in [1.807, 2.05) is 0 Å². The van der Waals surface area contributed by atoms with Crippen LogP contribution in [-0.4, -0.2) is 33.5 Å². The summed E-state index contributed by atoms with van der Waals surface area (Å²) >= 11 is 0. The lowest BCUT2D eigenvalue weighted by Gasteiger charge is -2.22. The summed E-state index contributed by atoms with van der Waals surface area (Å²) in [6.45, 7) is 2.10. The van der Waals surface area contributed by atoms with Gasteiger partial charge in [0.05, 0.1) is 12.2 Å². The van der Waals surface area contributed by atoms with E-state index in [0.717, 1.165) is 51.4 Å². The summed E-state index contributed by atoms with van der Waals surface area (Å²) in [6.07, 6.45) is 12.0. The molecule has 1 aliphatic carbocycles. The van der Waals surface area contributed by atoms with Gasteiger partial charge in [-0.2, -0.15) is 0 Å². The third-order valence-corrected chi connectivity index (χ3v) is 4.76. The monoisotopic (exact) mass is 312 g/mol. The summed E-state index contributed by atoms with van der Waals surface area (Å²) in [4.78, 5) is 10.4. The van der Waals surface area contributed by atoms with Gasteiger partial charge in [0.2, 0.25) is 0 Å². The molecule has 0 saturated heterocycles. The van der Waals surface area contributed by atoms with E-state index in [1.165, 1.54) is 0 Å². The van der Waals surface area contributed by atoms with Gasteiger partial charge in [0.25, 0.3) is 0 Å². The standard InChI is InChI=1S/C18H32O4/c1-2-3-7-10-14-15(17(20)13-16(14)19)11-8-5-4-6-9-12-18(21)22/h3,7,14-17,19-20H,2,4-6,8-13H2,1H3,(H,21,22)/b7-3+/t14-,15-,16-,17+/m1/s1. The molecule has 1 saturated carbocycles. The zero-order valence-electron chi connectivity index (χ0n) is 13.8. The number of rotatable bonds is 11. The SMILES string of the molecule is CC/C=C/C[C@@H]1[C@@H](CCCCCCCC(=O)O)[C@@H](O)C[C@H]1O. The van der Waals surface area contributed by atoms with Gasteiger partial charge in [-0.15, -0.1) is 0 Å². The number of hydrogen-bond acceptors (Lipinski definition) is 3. The summed E-state index contributed by atoms with van der Waals surface area (Å²) in [5.41, 5.74) is 0. The maximum Gasteiger partial charge on any atom is 0.303 e. The molecule has 0 aromatic heterocycles. The van der Waals surface area contributed by atoms with Gasteiger partial charge in [-0.05, 0) is 43.9 Å². The van der Waals surface area contributed by atoms with Crippen molar-refractivity contribution >= 4 is 5.97 Å². The molecule has 4 heteroatoms. The number of allylic oxidation sites excluding steroid dienone is 2. The topological polar surface area (TPSA) is 77.8 Å². The van der Waals surface area contributed by atoms with Crippen LogP contribution in [0.15, 0.2) is 12.2 Å². The van der Waals surface area contributed by atoms with Crippen molar-refractivity contribution in [2.24, 2.45) is 11.8 Å². The van der Waals surface area contributed by atoms with Gasteiger partial charge in [0.15, 0.2) is 0 Å². The first kappa shape index (κ1) is 19.2. The molecule has 1 aliphatic rings. The predicted octanol–water partition coefficient (Wildman–Crippen LogP) is 3.52. The average molecular weight is 312 g/mol. The fourth-order valence-corrected chi connectivity index (χ4v) is 3.51. The van der Waals surface area contributed by atoms with Gasteiger partial charge in [-0.3, -0.25) is 4.79 Å². The van der Waals surface area contributed by atoms with Crippen molar-refractivity contribution in [2.75, 3.05) is 0 Å². The highest BCUT2D eigenvalue weighted by Crippen LogP contribution is 2.38. The summed E-state index contributed by atoms with van der Waals surface area (Å²) in [6, 6.07) is 0. The maximum absolute atomic E-state index is 10.4. The number of aliphatic hydroxyl groups excluding tert-OH is 2. The van der Waals surface area contributed by atoms with E-state index >= 15 is 0 Å². The number of unbranched alkanes of at least 4 members (excludes halogenated alkanes) is 4.